The van der Waals surface area contributed by atoms with Gasteiger partial charge in [0.05, 0.1) is 31.4 Å². The molecule has 0 aliphatic carbocycles. The van der Waals surface area contributed by atoms with E-state index in [1.807, 2.05) is 19.9 Å². The molecule has 0 spiro atoms. The second-order valence-electron chi connectivity index (χ2n) is 12.1. The van der Waals surface area contributed by atoms with Crippen molar-refractivity contribution in [3.63, 3.8) is 0 Å². The van der Waals surface area contributed by atoms with Crippen LogP contribution in [0.2, 0.25) is 0 Å². The molecular formula is C37H46F2N4O5. The molecule has 11 heteroatoms. The van der Waals surface area contributed by atoms with E-state index in [1.165, 1.54) is 6.92 Å². The minimum Gasteiger partial charge on any atom is -0.390 e. The van der Waals surface area contributed by atoms with Gasteiger partial charge in [-0.05, 0) is 72.2 Å². The van der Waals surface area contributed by atoms with Gasteiger partial charge in [-0.1, -0.05) is 50.2 Å². The molecule has 3 aromatic carbocycles. The standard InChI is InChI=1S/C37H46F2N4O5/c1-4-9-43(10-5-2)37(48)20-28-12-26(18-35(40)46)11-27(13-28)19-36(47)42-33(17-29-15-31(38)21-32(39)16-29)34(45)23-41-22-25-7-6-8-30(14-25)24(3)44/h6-8,11-16,21,33-34,41,45H,4-5,9-10,17-20,22-23H2,1-3H3,(H2,40,46)(H,42,47)/t33-,34+/m0/s1. The predicted molar refractivity (Wildman–Crippen MR) is 180 cm³/mol. The van der Waals surface area contributed by atoms with Gasteiger partial charge in [0.2, 0.25) is 17.7 Å². The molecule has 48 heavy (non-hydrogen) atoms. The predicted octanol–water partition coefficient (Wildman–Crippen LogP) is 3.81. The summed E-state index contributed by atoms with van der Waals surface area (Å²) >= 11 is 0. The number of carbonyl (C=O) groups excluding carboxylic acids is 4. The van der Waals surface area contributed by atoms with Crippen molar-refractivity contribution >= 4 is 23.5 Å². The zero-order chi connectivity index (χ0) is 35.2. The van der Waals surface area contributed by atoms with Gasteiger partial charge in [-0.25, -0.2) is 8.78 Å². The Kier molecular flexibility index (Phi) is 14.8. The smallest absolute Gasteiger partial charge is 0.226 e. The van der Waals surface area contributed by atoms with Crippen LogP contribution >= 0.6 is 0 Å². The van der Waals surface area contributed by atoms with Gasteiger partial charge in [-0.15, -0.1) is 0 Å². The highest BCUT2D eigenvalue weighted by Crippen LogP contribution is 2.16. The molecule has 258 valence electrons. The van der Waals surface area contributed by atoms with Crippen LogP contribution < -0.4 is 16.4 Å². The summed E-state index contributed by atoms with van der Waals surface area (Å²) in [6, 6.07) is 14.3. The van der Waals surface area contributed by atoms with Crippen molar-refractivity contribution in [1.82, 2.24) is 15.5 Å². The van der Waals surface area contributed by atoms with Crippen LogP contribution in [-0.2, 0) is 46.6 Å². The van der Waals surface area contributed by atoms with Gasteiger partial charge in [0, 0.05) is 37.8 Å². The molecule has 0 bridgehead atoms. The Morgan fingerprint density at radius 2 is 1.42 bits per heavy atom. The maximum Gasteiger partial charge on any atom is 0.226 e. The fourth-order valence-corrected chi connectivity index (χ4v) is 5.65. The summed E-state index contributed by atoms with van der Waals surface area (Å²) in [5, 5.41) is 17.1. The molecular weight excluding hydrogens is 618 g/mol. The summed E-state index contributed by atoms with van der Waals surface area (Å²) in [4.78, 5) is 51.8. The molecule has 0 unspecified atom stereocenters. The zero-order valence-corrected chi connectivity index (χ0v) is 27.9. The Bertz CT molecular complexity index is 1550. The van der Waals surface area contributed by atoms with Crippen LogP contribution in [0.3, 0.4) is 0 Å². The molecule has 0 aromatic heterocycles. The molecule has 0 aliphatic rings. The van der Waals surface area contributed by atoms with E-state index in [1.54, 1.807) is 41.3 Å². The summed E-state index contributed by atoms with van der Waals surface area (Å²) in [7, 11) is 0. The number of aliphatic hydroxyl groups excluding tert-OH is 1. The highest BCUT2D eigenvalue weighted by molar-refractivity contribution is 5.94. The molecule has 9 nitrogen and oxygen atoms in total. The molecule has 3 amide bonds. The Balaban J connectivity index is 1.78. The van der Waals surface area contributed by atoms with Crippen molar-refractivity contribution in [3.05, 3.63) is 106 Å². The van der Waals surface area contributed by atoms with Crippen LogP contribution in [0.4, 0.5) is 8.78 Å². The Morgan fingerprint density at radius 1 is 0.812 bits per heavy atom. The number of nitrogens with zero attached hydrogens (tertiary/aromatic N) is 1. The minimum absolute atomic E-state index is 0.0272. The van der Waals surface area contributed by atoms with E-state index in [9.17, 15) is 33.1 Å². The van der Waals surface area contributed by atoms with Gasteiger partial charge >= 0.3 is 0 Å². The van der Waals surface area contributed by atoms with Crippen LogP contribution in [0.15, 0.2) is 60.7 Å². The number of nitrogens with one attached hydrogen (secondary N) is 2. The van der Waals surface area contributed by atoms with Crippen LogP contribution in [0.25, 0.3) is 0 Å². The monoisotopic (exact) mass is 664 g/mol. The first-order valence-electron chi connectivity index (χ1n) is 16.3. The van der Waals surface area contributed by atoms with E-state index in [-0.39, 0.29) is 49.5 Å². The third-order valence-electron chi connectivity index (χ3n) is 7.76. The molecule has 0 heterocycles. The van der Waals surface area contributed by atoms with Crippen molar-refractivity contribution < 1.29 is 33.1 Å². The number of hydrogen-bond acceptors (Lipinski definition) is 6. The second-order valence-corrected chi connectivity index (χ2v) is 12.1. The number of ketones is 1. The van der Waals surface area contributed by atoms with E-state index in [2.05, 4.69) is 10.6 Å². The topological polar surface area (TPSA) is 142 Å². The van der Waals surface area contributed by atoms with Crippen molar-refractivity contribution in [1.29, 1.82) is 0 Å². The lowest BCUT2D eigenvalue weighted by Gasteiger charge is -2.25. The second kappa shape index (κ2) is 18.8. The van der Waals surface area contributed by atoms with E-state index >= 15 is 0 Å². The fourth-order valence-electron chi connectivity index (χ4n) is 5.65. The largest absolute Gasteiger partial charge is 0.390 e. The SMILES string of the molecule is CCCN(CCC)C(=O)Cc1cc(CC(N)=O)cc(CC(=O)N[C@@H](Cc2cc(F)cc(F)c2)[C@H](O)CNCc2cccc(C(C)=O)c2)c1. The van der Waals surface area contributed by atoms with Gasteiger partial charge in [-0.3, -0.25) is 19.2 Å². The van der Waals surface area contributed by atoms with E-state index < -0.39 is 35.6 Å². The summed E-state index contributed by atoms with van der Waals surface area (Å²) in [6.45, 7) is 7.08. The lowest BCUT2D eigenvalue weighted by Crippen LogP contribution is -2.49. The minimum atomic E-state index is -1.16. The van der Waals surface area contributed by atoms with E-state index in [4.69, 9.17) is 5.73 Å². The first kappa shape index (κ1) is 38.0. The molecule has 2 atom stereocenters. The van der Waals surface area contributed by atoms with Gasteiger partial charge < -0.3 is 26.4 Å². The lowest BCUT2D eigenvalue weighted by molar-refractivity contribution is -0.130. The molecule has 0 aliphatic heterocycles. The maximum atomic E-state index is 14.0. The van der Waals surface area contributed by atoms with Gasteiger partial charge in [0.15, 0.2) is 5.78 Å². The number of rotatable bonds is 19. The molecule has 3 rings (SSSR count). The fraction of sp³-hybridized carbons (Fsp3) is 0.405. The summed E-state index contributed by atoms with van der Waals surface area (Å²) in [6.07, 6.45) is 0.288. The summed E-state index contributed by atoms with van der Waals surface area (Å²) in [5.74, 6) is -2.72. The number of amides is 3. The average molecular weight is 665 g/mol. The molecule has 0 radical (unpaired) electrons. The Hall–Kier alpha value is -4.48. The van der Waals surface area contributed by atoms with Crippen molar-refractivity contribution in [2.24, 2.45) is 5.73 Å². The van der Waals surface area contributed by atoms with Crippen molar-refractivity contribution in [3.8, 4) is 0 Å². The molecule has 5 N–H and O–H groups in total. The quantitative estimate of drug-likeness (QED) is 0.144. The Morgan fingerprint density at radius 3 is 2.00 bits per heavy atom. The van der Waals surface area contributed by atoms with Crippen molar-refractivity contribution in [2.45, 2.75) is 78.0 Å². The normalized spacial score (nSPS) is 12.3. The summed E-state index contributed by atoms with van der Waals surface area (Å²) < 4.78 is 28.0. The third-order valence-corrected chi connectivity index (χ3v) is 7.76. The average Bonchev–Trinajstić information content (AvgIpc) is 2.99. The van der Waals surface area contributed by atoms with E-state index in [0.29, 0.717) is 41.9 Å². The van der Waals surface area contributed by atoms with Gasteiger partial charge in [0.1, 0.15) is 11.6 Å². The first-order valence-corrected chi connectivity index (χ1v) is 16.3. The van der Waals surface area contributed by atoms with Gasteiger partial charge in [0.25, 0.3) is 0 Å². The molecule has 0 fully saturated rings. The van der Waals surface area contributed by atoms with Crippen molar-refractivity contribution in [2.75, 3.05) is 19.6 Å². The number of benzene rings is 3. The highest BCUT2D eigenvalue weighted by atomic mass is 19.1. The number of halogens is 2. The summed E-state index contributed by atoms with van der Waals surface area (Å²) in [5.41, 5.74) is 8.83. The number of primary amides is 1. The van der Waals surface area contributed by atoms with E-state index in [0.717, 1.165) is 36.6 Å². The number of Topliss-reactive ketones (excluding diaryl/α,β-unsaturated/α-hetero) is 1. The number of nitrogens with two attached hydrogens (primary N) is 1. The van der Waals surface area contributed by atoms with Crippen LogP contribution in [0.5, 0.6) is 0 Å². The lowest BCUT2D eigenvalue weighted by atomic mass is 9.97. The molecule has 0 saturated carbocycles. The van der Waals surface area contributed by atoms with Crippen LogP contribution in [0.1, 0.15) is 71.8 Å². The van der Waals surface area contributed by atoms with Crippen LogP contribution in [0, 0.1) is 11.6 Å². The number of hydrogen-bond donors (Lipinski definition) is 4. The molecule has 3 aromatic rings. The number of aliphatic hydroxyl groups is 1. The Labute approximate surface area is 280 Å². The maximum absolute atomic E-state index is 14.0. The first-order chi connectivity index (χ1) is 22.9. The zero-order valence-electron chi connectivity index (χ0n) is 27.9. The highest BCUT2D eigenvalue weighted by Gasteiger charge is 2.23. The molecule has 0 saturated heterocycles. The van der Waals surface area contributed by atoms with Gasteiger partial charge in [-0.2, -0.15) is 0 Å². The third kappa shape index (κ3) is 12.6. The van der Waals surface area contributed by atoms with Crippen LogP contribution in [-0.4, -0.2) is 65.3 Å². The number of carbonyl (C=O) groups is 4.